The molecule has 0 saturated heterocycles. The van der Waals surface area contributed by atoms with Gasteiger partial charge in [0.2, 0.25) is 5.91 Å². The fourth-order valence-corrected chi connectivity index (χ4v) is 0.899. The van der Waals surface area contributed by atoms with E-state index in [1.807, 2.05) is 13.0 Å². The smallest absolute Gasteiger partial charge is 0.244 e. The second-order valence-corrected chi connectivity index (χ2v) is 3.85. The highest BCUT2D eigenvalue weighted by Gasteiger charge is 1.95. The first-order valence-electron chi connectivity index (χ1n) is 5.73. The van der Waals surface area contributed by atoms with Crippen LogP contribution in [0.4, 0.5) is 0 Å². The van der Waals surface area contributed by atoms with E-state index in [-0.39, 0.29) is 5.91 Å². The van der Waals surface area contributed by atoms with Crippen molar-refractivity contribution in [3.63, 3.8) is 0 Å². The van der Waals surface area contributed by atoms with E-state index >= 15 is 0 Å². The Kier molecular flexibility index (Phi) is 9.38. The Labute approximate surface area is 104 Å². The maximum atomic E-state index is 11.2. The van der Waals surface area contributed by atoms with Gasteiger partial charge >= 0.3 is 0 Å². The molecule has 0 aliphatic heterocycles. The average Bonchev–Trinajstić information content (AvgIpc) is 2.27. The molecule has 2 nitrogen and oxygen atoms in total. The predicted octanol–water partition coefficient (Wildman–Crippen LogP) is 2.29. The highest BCUT2D eigenvalue weighted by Crippen LogP contribution is 1.95. The van der Waals surface area contributed by atoms with Crippen molar-refractivity contribution in [3.8, 4) is 23.7 Å². The molecule has 0 aliphatic rings. The molecule has 2 heteroatoms. The second kappa shape index (κ2) is 10.6. The van der Waals surface area contributed by atoms with Crippen LogP contribution in [0.15, 0.2) is 24.3 Å². The normalized spacial score (nSPS) is 9.88. The SMILES string of the molecule is CC=CC#CC#CC=CC(=O)NCCC(C)C. The lowest BCUT2D eigenvalue weighted by atomic mass is 10.1. The second-order valence-electron chi connectivity index (χ2n) is 3.85. The van der Waals surface area contributed by atoms with Crippen LogP contribution in [0.2, 0.25) is 0 Å². The first-order chi connectivity index (χ1) is 8.16. The molecule has 0 radical (unpaired) electrons. The van der Waals surface area contributed by atoms with Crippen molar-refractivity contribution in [2.45, 2.75) is 27.2 Å². The third-order valence-corrected chi connectivity index (χ3v) is 1.80. The fourth-order valence-electron chi connectivity index (χ4n) is 0.899. The first kappa shape index (κ1) is 15.1. The van der Waals surface area contributed by atoms with Crippen LogP contribution in [0.5, 0.6) is 0 Å². The zero-order chi connectivity index (χ0) is 12.9. The molecule has 0 aromatic rings. The van der Waals surface area contributed by atoms with Crippen LogP contribution < -0.4 is 5.32 Å². The number of carbonyl (C=O) groups is 1. The lowest BCUT2D eigenvalue weighted by molar-refractivity contribution is -0.116. The summed E-state index contributed by atoms with van der Waals surface area (Å²) in [6, 6.07) is 0. The molecule has 0 aromatic carbocycles. The maximum absolute atomic E-state index is 11.2. The van der Waals surface area contributed by atoms with Gasteiger partial charge in [-0.15, -0.1) is 0 Å². The molecular formula is C15H19NO. The third-order valence-electron chi connectivity index (χ3n) is 1.80. The summed E-state index contributed by atoms with van der Waals surface area (Å²) in [4.78, 5) is 11.2. The lowest BCUT2D eigenvalue weighted by Crippen LogP contribution is -2.23. The quantitative estimate of drug-likeness (QED) is 0.581. The van der Waals surface area contributed by atoms with E-state index in [0.717, 1.165) is 6.42 Å². The van der Waals surface area contributed by atoms with Gasteiger partial charge in [0.05, 0.1) is 0 Å². The summed E-state index contributed by atoms with van der Waals surface area (Å²) >= 11 is 0. The maximum Gasteiger partial charge on any atom is 0.244 e. The summed E-state index contributed by atoms with van der Waals surface area (Å²) in [5.74, 6) is 11.2. The number of nitrogens with one attached hydrogen (secondary N) is 1. The molecular weight excluding hydrogens is 210 g/mol. The van der Waals surface area contributed by atoms with E-state index < -0.39 is 0 Å². The molecule has 0 spiro atoms. The van der Waals surface area contributed by atoms with Gasteiger partial charge in [0.1, 0.15) is 0 Å². The number of rotatable bonds is 4. The van der Waals surface area contributed by atoms with E-state index in [9.17, 15) is 4.79 Å². The van der Waals surface area contributed by atoms with Crippen molar-refractivity contribution < 1.29 is 4.79 Å². The molecule has 0 aliphatic carbocycles. The van der Waals surface area contributed by atoms with Crippen LogP contribution >= 0.6 is 0 Å². The number of carbonyl (C=O) groups excluding carboxylic acids is 1. The Balaban J connectivity index is 3.85. The van der Waals surface area contributed by atoms with Gasteiger partial charge in [0.25, 0.3) is 0 Å². The van der Waals surface area contributed by atoms with Crippen molar-refractivity contribution in [1.82, 2.24) is 5.32 Å². The molecule has 0 heterocycles. The molecule has 0 rings (SSSR count). The van der Waals surface area contributed by atoms with E-state index in [1.165, 1.54) is 12.2 Å². The minimum absolute atomic E-state index is 0.110. The van der Waals surface area contributed by atoms with Gasteiger partial charge < -0.3 is 5.32 Å². The van der Waals surface area contributed by atoms with E-state index in [4.69, 9.17) is 0 Å². The van der Waals surface area contributed by atoms with Gasteiger partial charge in [0.15, 0.2) is 0 Å². The largest absolute Gasteiger partial charge is 0.353 e. The van der Waals surface area contributed by atoms with Crippen LogP contribution in [0, 0.1) is 29.6 Å². The Hall–Kier alpha value is -1.93. The van der Waals surface area contributed by atoms with E-state index in [2.05, 4.69) is 42.8 Å². The summed E-state index contributed by atoms with van der Waals surface area (Å²) in [5, 5.41) is 2.78. The van der Waals surface area contributed by atoms with Crippen LogP contribution in [-0.2, 0) is 4.79 Å². The Bertz CT molecular complexity index is 394. The summed E-state index contributed by atoms with van der Waals surface area (Å²) in [7, 11) is 0. The highest BCUT2D eigenvalue weighted by molar-refractivity contribution is 5.87. The molecule has 0 aromatic heterocycles. The van der Waals surface area contributed by atoms with E-state index in [1.54, 1.807) is 6.08 Å². The Morgan fingerprint density at radius 1 is 1.24 bits per heavy atom. The predicted molar refractivity (Wildman–Crippen MR) is 72.0 cm³/mol. The number of hydrogen-bond donors (Lipinski definition) is 1. The molecule has 1 amide bonds. The molecule has 0 fully saturated rings. The minimum atomic E-state index is -0.110. The standard InChI is InChI=1S/C15H19NO/c1-4-5-6-7-8-9-10-11-15(17)16-13-12-14(2)3/h4-5,10-11,14H,12-13H2,1-3H3,(H,16,17). The van der Waals surface area contributed by atoms with Gasteiger partial charge in [0, 0.05) is 12.6 Å². The zero-order valence-electron chi connectivity index (χ0n) is 10.7. The molecule has 0 unspecified atom stereocenters. The summed E-state index contributed by atoms with van der Waals surface area (Å²) < 4.78 is 0. The monoisotopic (exact) mass is 229 g/mol. The van der Waals surface area contributed by atoms with Crippen molar-refractivity contribution in [2.75, 3.05) is 6.54 Å². The van der Waals surface area contributed by atoms with Gasteiger partial charge in [-0.3, -0.25) is 4.79 Å². The topological polar surface area (TPSA) is 29.1 Å². The molecule has 17 heavy (non-hydrogen) atoms. The van der Waals surface area contributed by atoms with Crippen molar-refractivity contribution in [3.05, 3.63) is 24.3 Å². The van der Waals surface area contributed by atoms with Gasteiger partial charge in [-0.25, -0.2) is 0 Å². The minimum Gasteiger partial charge on any atom is -0.353 e. The molecule has 1 N–H and O–H groups in total. The molecule has 0 atom stereocenters. The first-order valence-corrected chi connectivity index (χ1v) is 5.73. The lowest BCUT2D eigenvalue weighted by Gasteiger charge is -2.03. The van der Waals surface area contributed by atoms with Crippen molar-refractivity contribution in [2.24, 2.45) is 5.92 Å². The average molecular weight is 229 g/mol. The van der Waals surface area contributed by atoms with Crippen molar-refractivity contribution in [1.29, 1.82) is 0 Å². The number of amides is 1. The van der Waals surface area contributed by atoms with Gasteiger partial charge in [-0.05, 0) is 43.3 Å². The summed E-state index contributed by atoms with van der Waals surface area (Å²) in [6.45, 7) is 6.84. The molecule has 0 saturated carbocycles. The fraction of sp³-hybridized carbons (Fsp3) is 0.400. The van der Waals surface area contributed by atoms with Gasteiger partial charge in [-0.2, -0.15) is 0 Å². The van der Waals surface area contributed by atoms with Crippen molar-refractivity contribution >= 4 is 5.91 Å². The number of hydrogen-bond acceptors (Lipinski definition) is 1. The highest BCUT2D eigenvalue weighted by atomic mass is 16.1. The van der Waals surface area contributed by atoms with Crippen LogP contribution in [0.25, 0.3) is 0 Å². The third kappa shape index (κ3) is 12.0. The van der Waals surface area contributed by atoms with Crippen LogP contribution in [-0.4, -0.2) is 12.5 Å². The molecule has 0 bridgehead atoms. The summed E-state index contributed by atoms with van der Waals surface area (Å²) in [6.07, 6.45) is 7.48. The Morgan fingerprint density at radius 2 is 1.88 bits per heavy atom. The Morgan fingerprint density at radius 3 is 2.47 bits per heavy atom. The van der Waals surface area contributed by atoms with Crippen LogP contribution in [0.3, 0.4) is 0 Å². The number of allylic oxidation sites excluding steroid dienone is 3. The molecule has 90 valence electrons. The summed E-state index contributed by atoms with van der Waals surface area (Å²) in [5.41, 5.74) is 0. The van der Waals surface area contributed by atoms with Crippen LogP contribution in [0.1, 0.15) is 27.2 Å². The van der Waals surface area contributed by atoms with E-state index in [0.29, 0.717) is 12.5 Å². The van der Waals surface area contributed by atoms with Gasteiger partial charge in [-0.1, -0.05) is 31.8 Å². The zero-order valence-corrected chi connectivity index (χ0v) is 10.7.